The molecule has 0 bridgehead atoms. The molecule has 0 radical (unpaired) electrons. The van der Waals surface area contributed by atoms with Crippen LogP contribution in [0.1, 0.15) is 9.88 Å². The molecule has 2 N–H and O–H groups in total. The summed E-state index contributed by atoms with van der Waals surface area (Å²) in [5, 5.41) is 12.4. The molecule has 0 aliphatic rings. The Bertz CT molecular complexity index is 199. The van der Waals surface area contributed by atoms with Crippen LogP contribution in [0.4, 0.5) is 0 Å². The molecule has 0 aliphatic carbocycles. The predicted octanol–water partition coefficient (Wildman–Crippen LogP) is 0.355. The van der Waals surface area contributed by atoms with Crippen LogP contribution in [0.2, 0.25) is 0 Å². The zero-order valence-electron chi connectivity index (χ0n) is 5.79. The highest BCUT2D eigenvalue weighted by Gasteiger charge is 1.97. The predicted molar refractivity (Wildman–Crippen MR) is 40.8 cm³/mol. The van der Waals surface area contributed by atoms with Crippen molar-refractivity contribution in [1.82, 2.24) is 10.3 Å². The Morgan fingerprint density at radius 2 is 2.60 bits per heavy atom. The smallest absolute Gasteiger partial charge is 0.118 e. The molecule has 10 heavy (non-hydrogen) atoms. The molecule has 0 unspecified atom stereocenters. The number of hydrogen-bond acceptors (Lipinski definition) is 4. The van der Waals surface area contributed by atoms with Gasteiger partial charge < -0.3 is 10.4 Å². The van der Waals surface area contributed by atoms with Crippen LogP contribution >= 0.6 is 11.3 Å². The average Bonchev–Trinajstić information content (AvgIpc) is 2.37. The normalized spacial score (nSPS) is 10.2. The molecule has 1 heterocycles. The van der Waals surface area contributed by atoms with Gasteiger partial charge in [0.15, 0.2) is 0 Å². The van der Waals surface area contributed by atoms with Gasteiger partial charge >= 0.3 is 0 Å². The van der Waals surface area contributed by atoms with Crippen molar-refractivity contribution in [3.8, 4) is 0 Å². The van der Waals surface area contributed by atoms with Crippen LogP contribution in [0.3, 0.4) is 0 Å². The van der Waals surface area contributed by atoms with E-state index in [1.807, 2.05) is 7.05 Å². The summed E-state index contributed by atoms with van der Waals surface area (Å²) in [5.41, 5.74) is 0. The lowest BCUT2D eigenvalue weighted by Gasteiger charge is -1.89. The zero-order chi connectivity index (χ0) is 7.40. The van der Waals surface area contributed by atoms with Crippen LogP contribution in [-0.2, 0) is 13.2 Å². The summed E-state index contributed by atoms with van der Waals surface area (Å²) in [7, 11) is 1.89. The molecule has 0 saturated carbocycles. The molecule has 0 atom stereocenters. The van der Waals surface area contributed by atoms with Crippen molar-refractivity contribution >= 4 is 11.3 Å². The molecule has 1 aromatic heterocycles. The van der Waals surface area contributed by atoms with Crippen LogP contribution in [0.15, 0.2) is 6.20 Å². The quantitative estimate of drug-likeness (QED) is 0.667. The van der Waals surface area contributed by atoms with E-state index < -0.39 is 0 Å². The fraction of sp³-hybridized carbons (Fsp3) is 0.500. The Morgan fingerprint density at radius 3 is 3.10 bits per heavy atom. The van der Waals surface area contributed by atoms with Crippen LogP contribution < -0.4 is 5.32 Å². The lowest BCUT2D eigenvalue weighted by Crippen LogP contribution is -2.02. The molecule has 0 saturated heterocycles. The molecule has 0 aromatic carbocycles. The van der Waals surface area contributed by atoms with Crippen LogP contribution in [-0.4, -0.2) is 17.1 Å². The van der Waals surface area contributed by atoms with Gasteiger partial charge in [0.05, 0.1) is 6.61 Å². The van der Waals surface area contributed by atoms with Gasteiger partial charge in [0, 0.05) is 17.6 Å². The first-order chi connectivity index (χ1) is 4.86. The van der Waals surface area contributed by atoms with Gasteiger partial charge in [-0.1, -0.05) is 0 Å². The Labute approximate surface area is 63.7 Å². The molecule has 3 nitrogen and oxygen atoms in total. The molecule has 0 aliphatic heterocycles. The summed E-state index contributed by atoms with van der Waals surface area (Å²) in [4.78, 5) is 5.14. The van der Waals surface area contributed by atoms with E-state index in [-0.39, 0.29) is 6.61 Å². The second kappa shape index (κ2) is 3.65. The third-order valence-corrected chi connectivity index (χ3v) is 2.07. The maximum Gasteiger partial charge on any atom is 0.118 e. The van der Waals surface area contributed by atoms with Gasteiger partial charge in [-0.05, 0) is 7.05 Å². The molecule has 56 valence electrons. The highest BCUT2D eigenvalue weighted by molar-refractivity contribution is 7.11. The topological polar surface area (TPSA) is 45.2 Å². The molecule has 1 rings (SSSR count). The number of thiazole rings is 1. The largest absolute Gasteiger partial charge is 0.389 e. The van der Waals surface area contributed by atoms with Crippen molar-refractivity contribution in [2.24, 2.45) is 0 Å². The number of aromatic nitrogens is 1. The number of aliphatic hydroxyl groups excluding tert-OH is 1. The molecular weight excluding hydrogens is 148 g/mol. The summed E-state index contributed by atoms with van der Waals surface area (Å²) in [6.07, 6.45) is 1.78. The zero-order valence-corrected chi connectivity index (χ0v) is 6.61. The minimum atomic E-state index is 0.0500. The first-order valence-electron chi connectivity index (χ1n) is 3.06. The van der Waals surface area contributed by atoms with E-state index in [9.17, 15) is 0 Å². The average molecular weight is 158 g/mol. The van der Waals surface area contributed by atoms with Gasteiger partial charge in [0.1, 0.15) is 5.01 Å². The molecule has 0 amide bonds. The Hall–Kier alpha value is -0.450. The minimum absolute atomic E-state index is 0.0500. The Kier molecular flexibility index (Phi) is 2.80. The SMILES string of the molecule is CNCc1cnc(CO)s1. The van der Waals surface area contributed by atoms with Gasteiger partial charge in [-0.3, -0.25) is 0 Å². The van der Waals surface area contributed by atoms with E-state index in [4.69, 9.17) is 5.11 Å². The van der Waals surface area contributed by atoms with Gasteiger partial charge in [0.25, 0.3) is 0 Å². The number of hydrogen-bond donors (Lipinski definition) is 2. The van der Waals surface area contributed by atoms with E-state index in [0.29, 0.717) is 0 Å². The molecule has 1 aromatic rings. The van der Waals surface area contributed by atoms with Crippen molar-refractivity contribution in [2.75, 3.05) is 7.05 Å². The Morgan fingerprint density at radius 1 is 1.80 bits per heavy atom. The highest BCUT2D eigenvalue weighted by atomic mass is 32.1. The summed E-state index contributed by atoms with van der Waals surface area (Å²) in [5.74, 6) is 0. The summed E-state index contributed by atoms with van der Waals surface area (Å²) in [6, 6.07) is 0. The standard InChI is InChI=1S/C6H10N2OS/c1-7-2-5-3-8-6(4-9)10-5/h3,7,9H,2,4H2,1H3. The molecule has 0 fully saturated rings. The van der Waals surface area contributed by atoms with Crippen molar-refractivity contribution in [1.29, 1.82) is 0 Å². The van der Waals surface area contributed by atoms with Crippen molar-refractivity contribution in [2.45, 2.75) is 13.2 Å². The van der Waals surface area contributed by atoms with Crippen LogP contribution in [0.25, 0.3) is 0 Å². The monoisotopic (exact) mass is 158 g/mol. The van der Waals surface area contributed by atoms with E-state index in [1.165, 1.54) is 11.3 Å². The number of aliphatic hydroxyl groups is 1. The Balaban J connectivity index is 2.59. The summed E-state index contributed by atoms with van der Waals surface area (Å²) >= 11 is 1.53. The van der Waals surface area contributed by atoms with E-state index in [2.05, 4.69) is 10.3 Å². The van der Waals surface area contributed by atoms with E-state index in [0.717, 1.165) is 16.4 Å². The van der Waals surface area contributed by atoms with E-state index >= 15 is 0 Å². The second-order valence-corrected chi connectivity index (χ2v) is 3.11. The van der Waals surface area contributed by atoms with Gasteiger partial charge in [0.2, 0.25) is 0 Å². The maximum atomic E-state index is 8.65. The third kappa shape index (κ3) is 1.76. The summed E-state index contributed by atoms with van der Waals surface area (Å²) in [6.45, 7) is 0.881. The second-order valence-electron chi connectivity index (χ2n) is 1.91. The number of rotatable bonds is 3. The minimum Gasteiger partial charge on any atom is -0.389 e. The maximum absolute atomic E-state index is 8.65. The van der Waals surface area contributed by atoms with Gasteiger partial charge in [-0.2, -0.15) is 0 Å². The molecule has 4 heteroatoms. The third-order valence-electron chi connectivity index (χ3n) is 1.09. The lowest BCUT2D eigenvalue weighted by molar-refractivity contribution is 0.281. The fourth-order valence-corrected chi connectivity index (χ4v) is 1.47. The lowest BCUT2D eigenvalue weighted by atomic mass is 10.5. The van der Waals surface area contributed by atoms with Crippen molar-refractivity contribution < 1.29 is 5.11 Å². The van der Waals surface area contributed by atoms with Gasteiger partial charge in [-0.15, -0.1) is 11.3 Å². The van der Waals surface area contributed by atoms with Crippen LogP contribution in [0.5, 0.6) is 0 Å². The van der Waals surface area contributed by atoms with E-state index in [1.54, 1.807) is 6.20 Å². The number of nitrogens with one attached hydrogen (secondary N) is 1. The first-order valence-corrected chi connectivity index (χ1v) is 3.87. The van der Waals surface area contributed by atoms with Gasteiger partial charge in [-0.25, -0.2) is 4.98 Å². The highest BCUT2D eigenvalue weighted by Crippen LogP contribution is 2.11. The van der Waals surface area contributed by atoms with Crippen molar-refractivity contribution in [3.63, 3.8) is 0 Å². The molecular formula is C6H10N2OS. The first kappa shape index (κ1) is 7.65. The van der Waals surface area contributed by atoms with Crippen molar-refractivity contribution in [3.05, 3.63) is 16.1 Å². The fourth-order valence-electron chi connectivity index (χ4n) is 0.677. The number of nitrogens with zero attached hydrogens (tertiary/aromatic N) is 1. The summed E-state index contributed by atoms with van der Waals surface area (Å²) < 4.78 is 0. The molecule has 0 spiro atoms. The van der Waals surface area contributed by atoms with Crippen LogP contribution in [0, 0.1) is 0 Å².